The van der Waals surface area contributed by atoms with Gasteiger partial charge in [-0.25, -0.2) is 0 Å². The van der Waals surface area contributed by atoms with Crippen molar-refractivity contribution in [3.8, 4) is 6.01 Å². The topological polar surface area (TPSA) is 49.2 Å². The van der Waals surface area contributed by atoms with Crippen LogP contribution in [0.4, 0.5) is 0 Å². The lowest BCUT2D eigenvalue weighted by Crippen LogP contribution is -2.19. The maximum absolute atomic E-state index is 5.58. The lowest BCUT2D eigenvalue weighted by atomic mass is 10.2. The van der Waals surface area contributed by atoms with Crippen LogP contribution in [0.5, 0.6) is 6.01 Å². The predicted molar refractivity (Wildman–Crippen MR) is 53.1 cm³/mol. The smallest absolute Gasteiger partial charge is 0.318 e. The van der Waals surface area contributed by atoms with E-state index in [0.29, 0.717) is 10.7 Å². The van der Waals surface area contributed by atoms with Crippen molar-refractivity contribution >= 4 is 15.9 Å². The third kappa shape index (κ3) is 1.90. The molecule has 0 spiro atoms. The summed E-state index contributed by atoms with van der Waals surface area (Å²) >= 11 is 3.21. The first-order valence-corrected chi connectivity index (χ1v) is 5.38. The molecule has 1 saturated heterocycles. The Labute approximate surface area is 90.5 Å². The standard InChI is InChI=1S/C8H12BrN3O2/c1-13-8-10-7(9)11-12(8)6-4-2-3-5-14-6/h6H,2-5H2,1H3/t6-/m1/s1. The largest absolute Gasteiger partial charge is 0.467 e. The van der Waals surface area contributed by atoms with E-state index in [9.17, 15) is 0 Å². The summed E-state index contributed by atoms with van der Waals surface area (Å²) in [4.78, 5) is 4.07. The molecule has 0 radical (unpaired) electrons. The van der Waals surface area contributed by atoms with Crippen molar-refractivity contribution < 1.29 is 9.47 Å². The molecule has 1 fully saturated rings. The Balaban J connectivity index is 2.20. The Kier molecular flexibility index (Phi) is 3.02. The number of hydrogen-bond donors (Lipinski definition) is 0. The van der Waals surface area contributed by atoms with Crippen LogP contribution in [0.2, 0.25) is 0 Å². The molecule has 2 heterocycles. The summed E-state index contributed by atoms with van der Waals surface area (Å²) in [6.07, 6.45) is 3.21. The van der Waals surface area contributed by atoms with E-state index in [0.717, 1.165) is 25.9 Å². The molecule has 1 aliphatic rings. The highest BCUT2D eigenvalue weighted by atomic mass is 79.9. The minimum absolute atomic E-state index is 0.0301. The van der Waals surface area contributed by atoms with Crippen molar-refractivity contribution in [1.29, 1.82) is 0 Å². The Hall–Kier alpha value is -0.620. The zero-order valence-electron chi connectivity index (χ0n) is 7.94. The van der Waals surface area contributed by atoms with Gasteiger partial charge in [0, 0.05) is 6.61 Å². The van der Waals surface area contributed by atoms with E-state index in [-0.39, 0.29) is 6.23 Å². The zero-order valence-corrected chi connectivity index (χ0v) is 9.53. The van der Waals surface area contributed by atoms with E-state index in [4.69, 9.17) is 9.47 Å². The van der Waals surface area contributed by atoms with Gasteiger partial charge in [-0.3, -0.25) is 0 Å². The first-order valence-electron chi connectivity index (χ1n) is 4.59. The predicted octanol–water partition coefficient (Wildman–Crippen LogP) is 1.75. The number of aromatic nitrogens is 3. The molecule has 5 nitrogen and oxygen atoms in total. The summed E-state index contributed by atoms with van der Waals surface area (Å²) in [5.41, 5.74) is 0. The van der Waals surface area contributed by atoms with Gasteiger partial charge >= 0.3 is 6.01 Å². The van der Waals surface area contributed by atoms with Crippen LogP contribution in [0.1, 0.15) is 25.5 Å². The first kappa shape index (κ1) is 9.92. The number of methoxy groups -OCH3 is 1. The van der Waals surface area contributed by atoms with Gasteiger partial charge in [0.05, 0.1) is 7.11 Å². The van der Waals surface area contributed by atoms with Crippen molar-refractivity contribution in [2.45, 2.75) is 25.5 Å². The van der Waals surface area contributed by atoms with E-state index in [2.05, 4.69) is 26.0 Å². The van der Waals surface area contributed by atoms with Crippen LogP contribution in [0.15, 0.2) is 4.73 Å². The Morgan fingerprint density at radius 3 is 3.07 bits per heavy atom. The average molecular weight is 262 g/mol. The zero-order chi connectivity index (χ0) is 9.97. The molecule has 78 valence electrons. The van der Waals surface area contributed by atoms with Gasteiger partial charge in [0.2, 0.25) is 4.73 Å². The quantitative estimate of drug-likeness (QED) is 0.814. The molecule has 0 bridgehead atoms. The fourth-order valence-corrected chi connectivity index (χ4v) is 1.85. The molecule has 0 unspecified atom stereocenters. The van der Waals surface area contributed by atoms with Crippen LogP contribution in [-0.4, -0.2) is 28.5 Å². The van der Waals surface area contributed by atoms with Crippen molar-refractivity contribution in [3.05, 3.63) is 4.73 Å². The number of ether oxygens (including phenoxy) is 2. The molecule has 1 aromatic rings. The Morgan fingerprint density at radius 1 is 1.57 bits per heavy atom. The van der Waals surface area contributed by atoms with Crippen LogP contribution in [-0.2, 0) is 4.74 Å². The molecule has 14 heavy (non-hydrogen) atoms. The molecular formula is C8H12BrN3O2. The summed E-state index contributed by atoms with van der Waals surface area (Å²) in [6, 6.07) is 0.490. The molecule has 1 aliphatic heterocycles. The lowest BCUT2D eigenvalue weighted by molar-refractivity contribution is -0.0437. The van der Waals surface area contributed by atoms with E-state index < -0.39 is 0 Å². The highest BCUT2D eigenvalue weighted by molar-refractivity contribution is 9.10. The second kappa shape index (κ2) is 4.27. The first-order chi connectivity index (χ1) is 6.81. The van der Waals surface area contributed by atoms with Crippen LogP contribution in [0.3, 0.4) is 0 Å². The summed E-state index contributed by atoms with van der Waals surface area (Å²) in [5, 5.41) is 4.18. The Morgan fingerprint density at radius 2 is 2.43 bits per heavy atom. The highest BCUT2D eigenvalue weighted by Crippen LogP contribution is 2.26. The summed E-state index contributed by atoms with van der Waals surface area (Å²) in [5.74, 6) is 0. The summed E-state index contributed by atoms with van der Waals surface area (Å²) < 4.78 is 12.9. The van der Waals surface area contributed by atoms with Gasteiger partial charge in [-0.2, -0.15) is 9.67 Å². The van der Waals surface area contributed by atoms with Gasteiger partial charge in [0.25, 0.3) is 0 Å². The molecule has 2 rings (SSSR count). The lowest BCUT2D eigenvalue weighted by Gasteiger charge is -2.22. The third-order valence-corrected chi connectivity index (χ3v) is 2.52. The monoisotopic (exact) mass is 261 g/mol. The second-order valence-corrected chi connectivity index (χ2v) is 3.84. The molecule has 0 aromatic carbocycles. The summed E-state index contributed by atoms with van der Waals surface area (Å²) in [7, 11) is 1.58. The molecule has 1 aromatic heterocycles. The highest BCUT2D eigenvalue weighted by Gasteiger charge is 2.21. The molecule has 0 aliphatic carbocycles. The minimum atomic E-state index is -0.0301. The van der Waals surface area contributed by atoms with Gasteiger partial charge in [-0.05, 0) is 35.2 Å². The number of halogens is 1. The van der Waals surface area contributed by atoms with Gasteiger partial charge in [0.1, 0.15) is 0 Å². The van der Waals surface area contributed by atoms with E-state index in [1.54, 1.807) is 11.8 Å². The molecule has 0 amide bonds. The molecule has 6 heteroatoms. The second-order valence-electron chi connectivity index (χ2n) is 3.13. The molecule has 0 N–H and O–H groups in total. The van der Waals surface area contributed by atoms with Gasteiger partial charge in [0.15, 0.2) is 6.23 Å². The number of hydrogen-bond acceptors (Lipinski definition) is 4. The van der Waals surface area contributed by atoms with E-state index in [1.165, 1.54) is 0 Å². The van der Waals surface area contributed by atoms with Crippen LogP contribution >= 0.6 is 15.9 Å². The SMILES string of the molecule is COc1nc(Br)nn1[C@H]1CCCCO1. The van der Waals surface area contributed by atoms with Crippen LogP contribution < -0.4 is 4.74 Å². The maximum Gasteiger partial charge on any atom is 0.318 e. The average Bonchev–Trinajstić information content (AvgIpc) is 2.61. The van der Waals surface area contributed by atoms with Gasteiger partial charge < -0.3 is 9.47 Å². The number of nitrogens with zero attached hydrogens (tertiary/aromatic N) is 3. The van der Waals surface area contributed by atoms with E-state index >= 15 is 0 Å². The molecule has 1 atom stereocenters. The fourth-order valence-electron chi connectivity index (χ4n) is 1.53. The molecular weight excluding hydrogens is 250 g/mol. The number of rotatable bonds is 2. The Bertz CT molecular complexity index is 310. The maximum atomic E-state index is 5.58. The van der Waals surface area contributed by atoms with Crippen molar-refractivity contribution in [1.82, 2.24) is 14.8 Å². The van der Waals surface area contributed by atoms with Crippen LogP contribution in [0, 0.1) is 0 Å². The van der Waals surface area contributed by atoms with Gasteiger partial charge in [-0.15, -0.1) is 5.10 Å². The fraction of sp³-hybridized carbons (Fsp3) is 0.750. The van der Waals surface area contributed by atoms with Crippen molar-refractivity contribution in [2.24, 2.45) is 0 Å². The van der Waals surface area contributed by atoms with Crippen LogP contribution in [0.25, 0.3) is 0 Å². The third-order valence-electron chi connectivity index (χ3n) is 2.19. The van der Waals surface area contributed by atoms with Crippen molar-refractivity contribution in [2.75, 3.05) is 13.7 Å². The minimum Gasteiger partial charge on any atom is -0.467 e. The van der Waals surface area contributed by atoms with Crippen molar-refractivity contribution in [3.63, 3.8) is 0 Å². The summed E-state index contributed by atoms with van der Waals surface area (Å²) in [6.45, 7) is 0.783. The van der Waals surface area contributed by atoms with E-state index in [1.807, 2.05) is 0 Å². The normalized spacial score (nSPS) is 22.3. The molecule has 0 saturated carbocycles. The van der Waals surface area contributed by atoms with Gasteiger partial charge in [-0.1, -0.05) is 0 Å².